The monoisotopic (exact) mass is 1800 g/mol. The SMILES string of the molecule is CCCC[C@@H]1C(=O)N(C)[C@@H](CCCC)C(=O)N[C@@H](C)C(=O)N[C@H](C(=O)NCC(N)=O)CSCC(=O)N[C@@H](Cc2ccc(O)cc2)C(=O)N2CCCC[C@H]2C(=O)N[C@@H](CC(N)=O)C(=O)N2CCC[C@H]2C(=O)N[C@@H](CN)C(=O)N[C@@H](CC(C)C)C(=O)N2C[C@H](O)C[C@H]2C(=O)N[C@@H](Cc2c[nH]c3ccccc23)C(=O)N[C@@H](CO)C(=O)N[C@@H](Cc2c[nH]c3ccccc23)C(=O)N1C. The van der Waals surface area contributed by atoms with Crippen molar-refractivity contribution in [3.8, 4) is 5.75 Å². The number of thioether (sulfide) groups is 1. The van der Waals surface area contributed by atoms with Gasteiger partial charge in [0.2, 0.25) is 100 Å². The number of nitrogens with two attached hydrogens (primary N) is 3. The van der Waals surface area contributed by atoms with Crippen molar-refractivity contribution in [3.63, 3.8) is 0 Å². The molecule has 3 aromatic carbocycles. The van der Waals surface area contributed by atoms with Crippen LogP contribution in [-0.4, -0.2) is 306 Å². The van der Waals surface area contributed by atoms with Gasteiger partial charge in [-0.1, -0.05) is 102 Å². The van der Waals surface area contributed by atoms with Crippen molar-refractivity contribution in [1.29, 1.82) is 0 Å². The Balaban J connectivity index is 1.07. The molecule has 0 radical (unpaired) electrons. The van der Waals surface area contributed by atoms with Crippen LogP contribution in [0.5, 0.6) is 5.75 Å². The molecule has 696 valence electrons. The van der Waals surface area contributed by atoms with Crippen LogP contribution >= 0.6 is 11.8 Å². The van der Waals surface area contributed by atoms with Gasteiger partial charge in [-0.15, -0.1) is 11.8 Å². The van der Waals surface area contributed by atoms with Crippen molar-refractivity contribution in [1.82, 2.24) is 87.6 Å². The number of para-hydroxylation sites is 2. The van der Waals surface area contributed by atoms with Crippen molar-refractivity contribution >= 4 is 134 Å². The Morgan fingerprint density at radius 1 is 0.531 bits per heavy atom. The molecular formula is C87H122N20O20S. The highest BCUT2D eigenvalue weighted by atomic mass is 32.2. The molecule has 0 spiro atoms. The maximum absolute atomic E-state index is 15.6. The number of phenols is 1. The van der Waals surface area contributed by atoms with Crippen LogP contribution in [0.4, 0.5) is 0 Å². The molecule has 0 unspecified atom stereocenters. The number of aromatic amines is 2. The number of benzene rings is 3. The fraction of sp³-hybridized carbons (Fsp3) is 0.552. The second kappa shape index (κ2) is 47.0. The van der Waals surface area contributed by atoms with Crippen LogP contribution in [0.15, 0.2) is 85.2 Å². The predicted molar refractivity (Wildman–Crippen MR) is 470 cm³/mol. The zero-order chi connectivity index (χ0) is 93.3. The van der Waals surface area contributed by atoms with Crippen LogP contribution in [0.3, 0.4) is 0 Å². The van der Waals surface area contributed by atoms with E-state index in [9.17, 15) is 63.3 Å². The first-order valence-corrected chi connectivity index (χ1v) is 44.7. The lowest BCUT2D eigenvalue weighted by Gasteiger charge is -2.38. The fourth-order valence-electron chi connectivity index (χ4n) is 16.6. The molecule has 9 rings (SSSR count). The molecule has 128 heavy (non-hydrogen) atoms. The number of phenolic OH excluding ortho intramolecular Hbond substituents is 1. The topological polar surface area (TPSA) is 597 Å². The van der Waals surface area contributed by atoms with E-state index < -0.39 is 230 Å². The molecule has 0 saturated carbocycles. The quantitative estimate of drug-likeness (QED) is 0.0357. The maximum atomic E-state index is 15.6. The molecule has 4 saturated heterocycles. The number of unbranched alkanes of at least 4 members (excludes halogenated alkanes) is 2. The fourth-order valence-corrected chi connectivity index (χ4v) is 17.4. The Morgan fingerprint density at radius 3 is 1.63 bits per heavy atom. The predicted octanol–water partition coefficient (Wildman–Crippen LogP) is -2.65. The highest BCUT2D eigenvalue weighted by Gasteiger charge is 2.47. The lowest BCUT2D eigenvalue weighted by atomic mass is 9.97. The molecule has 0 aliphatic carbocycles. The number of carbonyl (C=O) groups is 17. The van der Waals surface area contributed by atoms with E-state index in [0.29, 0.717) is 77.0 Å². The number of piperidine rings is 1. The number of carbonyl (C=O) groups excluding carboxylic acids is 17. The van der Waals surface area contributed by atoms with Gasteiger partial charge in [0.05, 0.1) is 31.4 Å². The number of likely N-dealkylation sites (N-methyl/N-ethyl adjacent to an activating group) is 2. The Kier molecular flexibility index (Phi) is 36.5. The number of primary amides is 2. The lowest BCUT2D eigenvalue weighted by molar-refractivity contribution is -0.149. The van der Waals surface area contributed by atoms with Crippen LogP contribution in [0.2, 0.25) is 0 Å². The Morgan fingerprint density at radius 2 is 1.04 bits per heavy atom. The van der Waals surface area contributed by atoms with Gasteiger partial charge in [0.15, 0.2) is 0 Å². The number of hydrogen-bond acceptors (Lipinski definition) is 22. The molecule has 21 N–H and O–H groups in total. The second-order valence-electron chi connectivity index (χ2n) is 33.5. The number of hydrogen-bond donors (Lipinski definition) is 18. The number of aromatic nitrogens is 2. The van der Waals surface area contributed by atoms with Crippen molar-refractivity contribution < 1.29 is 96.8 Å². The van der Waals surface area contributed by atoms with Crippen LogP contribution in [0.25, 0.3) is 21.8 Å². The smallest absolute Gasteiger partial charge is 0.246 e. The molecule has 4 fully saturated rings. The summed E-state index contributed by atoms with van der Waals surface area (Å²) >= 11 is 0.803. The van der Waals surface area contributed by atoms with E-state index in [-0.39, 0.29) is 94.7 Å². The minimum absolute atomic E-state index is 0.00181. The van der Waals surface area contributed by atoms with Gasteiger partial charge in [-0.3, -0.25) is 81.5 Å². The van der Waals surface area contributed by atoms with Crippen LogP contribution < -0.4 is 70.4 Å². The highest BCUT2D eigenvalue weighted by Crippen LogP contribution is 2.29. The van der Waals surface area contributed by atoms with E-state index in [1.807, 2.05) is 13.8 Å². The second-order valence-corrected chi connectivity index (χ2v) is 34.6. The first kappa shape index (κ1) is 99.5. The zero-order valence-electron chi connectivity index (χ0n) is 73.2. The molecule has 40 nitrogen and oxygen atoms in total. The molecule has 6 heterocycles. The third-order valence-electron chi connectivity index (χ3n) is 23.5. The third kappa shape index (κ3) is 26.5. The van der Waals surface area contributed by atoms with E-state index in [4.69, 9.17) is 17.2 Å². The van der Waals surface area contributed by atoms with Crippen molar-refractivity contribution in [3.05, 3.63) is 102 Å². The average Bonchev–Trinajstić information content (AvgIpc) is 1.78. The summed E-state index contributed by atoms with van der Waals surface area (Å²) in [5.74, 6) is -16.9. The number of fused-ring (bicyclic) bond motifs is 5. The number of amides is 17. The Labute approximate surface area is 745 Å². The van der Waals surface area contributed by atoms with Gasteiger partial charge < -0.3 is 120 Å². The minimum atomic E-state index is -1.87. The lowest BCUT2D eigenvalue weighted by Crippen LogP contribution is -2.62. The van der Waals surface area contributed by atoms with Crippen molar-refractivity contribution in [2.45, 2.75) is 234 Å². The summed E-state index contributed by atoms with van der Waals surface area (Å²) in [6.07, 6.45) is 2.68. The van der Waals surface area contributed by atoms with E-state index in [1.54, 1.807) is 74.8 Å². The normalized spacial score (nSPS) is 26.1. The van der Waals surface area contributed by atoms with Crippen LogP contribution in [0.1, 0.15) is 141 Å². The summed E-state index contributed by atoms with van der Waals surface area (Å²) in [4.78, 5) is 260. The van der Waals surface area contributed by atoms with E-state index >= 15 is 33.6 Å². The maximum Gasteiger partial charge on any atom is 0.246 e. The molecule has 5 aromatic rings. The first-order chi connectivity index (χ1) is 61.0. The summed E-state index contributed by atoms with van der Waals surface area (Å²) in [6, 6.07) is -1.37. The number of nitrogens with one attached hydrogen (secondary N) is 12. The van der Waals surface area contributed by atoms with Gasteiger partial charge in [-0.2, -0.15) is 0 Å². The number of aromatic hydroxyl groups is 1. The van der Waals surface area contributed by atoms with E-state index in [0.717, 1.165) is 31.4 Å². The third-order valence-corrected chi connectivity index (χ3v) is 24.5. The van der Waals surface area contributed by atoms with Gasteiger partial charge in [-0.25, -0.2) is 0 Å². The number of aliphatic hydroxyl groups is 2. The van der Waals surface area contributed by atoms with Gasteiger partial charge in [0.1, 0.15) is 90.3 Å². The van der Waals surface area contributed by atoms with Crippen molar-refractivity contribution in [2.24, 2.45) is 23.1 Å². The summed E-state index contributed by atoms with van der Waals surface area (Å²) in [7, 11) is 2.71. The number of nitrogens with zero attached hydrogens (tertiary/aromatic N) is 5. The summed E-state index contributed by atoms with van der Waals surface area (Å²) in [5.41, 5.74) is 20.1. The van der Waals surface area contributed by atoms with Gasteiger partial charge >= 0.3 is 0 Å². The van der Waals surface area contributed by atoms with Crippen LogP contribution in [0, 0.1) is 5.92 Å². The molecule has 4 aliphatic heterocycles. The summed E-state index contributed by atoms with van der Waals surface area (Å²) < 4.78 is 0. The molecule has 2 aromatic heterocycles. The highest BCUT2D eigenvalue weighted by molar-refractivity contribution is 8.00. The molecule has 0 bridgehead atoms. The minimum Gasteiger partial charge on any atom is -0.508 e. The number of aliphatic hydroxyl groups excluding tert-OH is 2. The van der Waals surface area contributed by atoms with Gasteiger partial charge in [0, 0.05) is 106 Å². The number of H-pyrrole nitrogens is 2. The van der Waals surface area contributed by atoms with Crippen LogP contribution in [-0.2, 0) is 101 Å². The van der Waals surface area contributed by atoms with Gasteiger partial charge in [-0.05, 0) is 105 Å². The standard InChI is InChI=1S/C87H122N20O20S/c1-8-10-23-66-79(119)94-48(5)74(114)102-65(75(115)93-42-72(90)112)45-128-46-73(113)95-60(34-49-27-29-52(109)30-28-49)84(124)105-31-17-16-25-67(105)80(120)99-62(38-71(89)111)85(125)106-32-18-26-68(106)81(121)100-63(39-88)77(117)97-59(33-47(3)4)86(126)107-43-53(110)37-70(107)82(122)96-58(35-50-40-91-56-21-14-12-19-54(50)56)76(116)101-64(44-108)78(118)98-61(36-51-41-92-57-22-15-13-20-55(51)57)83(123)104(7)69(24-11-9-2)87(127)103(66)6/h12-15,19-22,27-30,40-41,47-48,53,58-70,91-92,108-110H,8-11,16-18,23-26,31-39,42-46,88H2,1-7H3,(H2,89,111)(H2,90,112)(H,93,115)(H,94,119)(H,95,113)(H,96,122)(H,97,117)(H,98,118)(H,99,120)(H,100,121)(H,101,116)(H,102,114)/t48-,53+,58-,59-,60-,61-,62-,63-,64-,65-,66-,67-,68-,69+,70-/m0/s1. The average molecular weight is 1800 g/mol. The van der Waals surface area contributed by atoms with Crippen molar-refractivity contribution in [2.75, 3.05) is 64.9 Å². The Hall–Kier alpha value is -12.2. The Bertz CT molecular complexity index is 4830. The molecule has 4 aliphatic rings. The molecule has 17 amide bonds. The largest absolute Gasteiger partial charge is 0.508 e. The van der Waals surface area contributed by atoms with E-state index in [1.165, 1.54) is 50.2 Å². The molecular weight excluding hydrogens is 1680 g/mol. The zero-order valence-corrected chi connectivity index (χ0v) is 74.0. The summed E-state index contributed by atoms with van der Waals surface area (Å²) in [6.45, 7) is 5.54. The van der Waals surface area contributed by atoms with E-state index in [2.05, 4.69) is 63.1 Å². The first-order valence-electron chi connectivity index (χ1n) is 43.5. The molecule has 41 heteroatoms. The van der Waals surface area contributed by atoms with Gasteiger partial charge in [0.25, 0.3) is 0 Å². The molecule has 15 atom stereocenters. The summed E-state index contributed by atoms with van der Waals surface area (Å²) in [5, 5.41) is 60.2. The number of rotatable bonds is 21.